The number of rotatable bonds is 3. The fourth-order valence-corrected chi connectivity index (χ4v) is 3.88. The highest BCUT2D eigenvalue weighted by Gasteiger charge is 2.39. The zero-order chi connectivity index (χ0) is 20.5. The SMILES string of the molecule is O=C1CCC(N2Cc3cc(NC(=O)Nc4cccc(I)n4)ccc3C2=O)C(=O)N1. The average Bonchev–Trinajstić information content (AvgIpc) is 2.97. The lowest BCUT2D eigenvalue weighted by molar-refractivity contribution is -0.136. The van der Waals surface area contributed by atoms with Crippen molar-refractivity contribution in [2.75, 3.05) is 10.6 Å². The summed E-state index contributed by atoms with van der Waals surface area (Å²) in [6.07, 6.45) is 0.511. The molecule has 9 nitrogen and oxygen atoms in total. The molecule has 29 heavy (non-hydrogen) atoms. The molecule has 5 amide bonds. The maximum absolute atomic E-state index is 12.7. The number of urea groups is 1. The Morgan fingerprint density at radius 1 is 1.17 bits per heavy atom. The topological polar surface area (TPSA) is 120 Å². The Bertz CT molecular complexity index is 1040. The van der Waals surface area contributed by atoms with Gasteiger partial charge in [-0.05, 0) is 64.9 Å². The van der Waals surface area contributed by atoms with Crippen LogP contribution in [0.3, 0.4) is 0 Å². The van der Waals surface area contributed by atoms with Gasteiger partial charge in [0.05, 0.1) is 0 Å². The molecule has 3 heterocycles. The normalized spacial score (nSPS) is 18.3. The van der Waals surface area contributed by atoms with Crippen molar-refractivity contribution in [3.8, 4) is 0 Å². The standard InChI is InChI=1S/C19H16IN5O4/c20-14-2-1-3-15(22-14)23-19(29)21-11-4-5-12-10(8-11)9-25(18(12)28)13-6-7-16(26)24-17(13)27/h1-5,8,13H,6-7,9H2,(H,24,26,27)(H2,21,22,23,29). The zero-order valence-corrected chi connectivity index (χ0v) is 17.2. The molecule has 2 aliphatic rings. The molecule has 1 aromatic heterocycles. The second kappa shape index (κ2) is 7.78. The van der Waals surface area contributed by atoms with E-state index in [-0.39, 0.29) is 24.8 Å². The van der Waals surface area contributed by atoms with Crippen LogP contribution >= 0.6 is 22.6 Å². The number of piperidine rings is 1. The van der Waals surface area contributed by atoms with Crippen LogP contribution in [0.1, 0.15) is 28.8 Å². The molecular weight excluding hydrogens is 489 g/mol. The Balaban J connectivity index is 1.45. The van der Waals surface area contributed by atoms with Crippen LogP contribution < -0.4 is 16.0 Å². The number of carbonyl (C=O) groups is 4. The molecule has 0 spiro atoms. The third-order valence-corrected chi connectivity index (χ3v) is 5.34. The first-order valence-electron chi connectivity index (χ1n) is 8.89. The number of aromatic nitrogens is 1. The summed E-state index contributed by atoms with van der Waals surface area (Å²) in [5.41, 5.74) is 1.72. The van der Waals surface area contributed by atoms with Gasteiger partial charge in [0.1, 0.15) is 15.6 Å². The van der Waals surface area contributed by atoms with Gasteiger partial charge in [0.2, 0.25) is 11.8 Å². The fourth-order valence-electron chi connectivity index (χ4n) is 3.41. The second-order valence-corrected chi connectivity index (χ2v) is 7.80. The van der Waals surface area contributed by atoms with Gasteiger partial charge in [-0.1, -0.05) is 6.07 Å². The van der Waals surface area contributed by atoms with E-state index < -0.39 is 18.0 Å². The maximum atomic E-state index is 12.7. The molecule has 0 bridgehead atoms. The number of pyridine rings is 1. The smallest absolute Gasteiger partial charge is 0.322 e. The van der Waals surface area contributed by atoms with Gasteiger partial charge in [-0.25, -0.2) is 9.78 Å². The van der Waals surface area contributed by atoms with Crippen LogP contribution in [-0.4, -0.2) is 39.7 Å². The number of carbonyl (C=O) groups excluding carboxylic acids is 4. The Kier molecular flexibility index (Phi) is 5.18. The van der Waals surface area contributed by atoms with E-state index in [4.69, 9.17) is 0 Å². The quantitative estimate of drug-likeness (QED) is 0.335. The van der Waals surface area contributed by atoms with E-state index >= 15 is 0 Å². The molecule has 1 atom stereocenters. The molecule has 0 radical (unpaired) electrons. The highest BCUT2D eigenvalue weighted by atomic mass is 127. The van der Waals surface area contributed by atoms with Crippen molar-refractivity contribution >= 4 is 57.8 Å². The fraction of sp³-hybridized carbons (Fsp3) is 0.211. The molecule has 2 aromatic rings. The van der Waals surface area contributed by atoms with Gasteiger partial charge >= 0.3 is 6.03 Å². The van der Waals surface area contributed by atoms with Crippen LogP contribution in [0.4, 0.5) is 16.3 Å². The minimum absolute atomic E-state index is 0.204. The number of imide groups is 1. The van der Waals surface area contributed by atoms with E-state index in [9.17, 15) is 19.2 Å². The Morgan fingerprint density at radius 3 is 2.76 bits per heavy atom. The number of benzene rings is 1. The van der Waals surface area contributed by atoms with E-state index in [0.717, 1.165) is 3.70 Å². The van der Waals surface area contributed by atoms with Gasteiger partial charge in [0.15, 0.2) is 0 Å². The van der Waals surface area contributed by atoms with Gasteiger partial charge in [0, 0.05) is 24.2 Å². The van der Waals surface area contributed by atoms with Crippen LogP contribution in [0, 0.1) is 3.70 Å². The lowest BCUT2D eigenvalue weighted by atomic mass is 10.0. The summed E-state index contributed by atoms with van der Waals surface area (Å²) in [5.74, 6) is -0.607. The number of nitrogens with zero attached hydrogens (tertiary/aromatic N) is 2. The number of fused-ring (bicyclic) bond motifs is 1. The molecule has 148 valence electrons. The summed E-state index contributed by atoms with van der Waals surface area (Å²) in [5, 5.41) is 7.64. The Hall–Kier alpha value is -3.02. The van der Waals surface area contributed by atoms with Gasteiger partial charge in [-0.3, -0.25) is 25.0 Å². The number of anilines is 2. The predicted octanol–water partition coefficient (Wildman–Crippen LogP) is 2.09. The van der Waals surface area contributed by atoms with Crippen molar-refractivity contribution in [2.45, 2.75) is 25.4 Å². The van der Waals surface area contributed by atoms with E-state index in [2.05, 4.69) is 43.5 Å². The molecule has 0 saturated carbocycles. The molecule has 0 aliphatic carbocycles. The highest BCUT2D eigenvalue weighted by Crippen LogP contribution is 2.29. The third-order valence-electron chi connectivity index (χ3n) is 4.74. The van der Waals surface area contributed by atoms with E-state index in [1.165, 1.54) is 4.90 Å². The summed E-state index contributed by atoms with van der Waals surface area (Å²) in [6, 6.07) is 9.13. The summed E-state index contributed by atoms with van der Waals surface area (Å²) in [7, 11) is 0. The molecular formula is C19H16IN5O4. The van der Waals surface area contributed by atoms with E-state index in [1.54, 1.807) is 30.3 Å². The Morgan fingerprint density at radius 2 is 2.00 bits per heavy atom. The molecule has 1 unspecified atom stereocenters. The van der Waals surface area contributed by atoms with E-state index in [1.807, 2.05) is 6.07 Å². The molecule has 1 saturated heterocycles. The third kappa shape index (κ3) is 4.06. The first kappa shape index (κ1) is 19.3. The number of hydrogen-bond donors (Lipinski definition) is 3. The van der Waals surface area contributed by atoms with Gasteiger partial charge in [-0.2, -0.15) is 0 Å². The number of amides is 5. The largest absolute Gasteiger partial charge is 0.324 e. The number of halogens is 1. The molecule has 1 fully saturated rings. The maximum Gasteiger partial charge on any atom is 0.324 e. The first-order valence-corrected chi connectivity index (χ1v) is 9.97. The number of hydrogen-bond acceptors (Lipinski definition) is 5. The summed E-state index contributed by atoms with van der Waals surface area (Å²) in [6.45, 7) is 0.246. The molecule has 2 aliphatic heterocycles. The molecule has 4 rings (SSSR count). The van der Waals surface area contributed by atoms with Crippen LogP contribution in [0.25, 0.3) is 0 Å². The predicted molar refractivity (Wildman–Crippen MR) is 112 cm³/mol. The molecule has 1 aromatic carbocycles. The summed E-state index contributed by atoms with van der Waals surface area (Å²) < 4.78 is 0.755. The van der Waals surface area contributed by atoms with Crippen molar-refractivity contribution in [3.63, 3.8) is 0 Å². The Labute approximate surface area is 179 Å². The summed E-state index contributed by atoms with van der Waals surface area (Å²) in [4.78, 5) is 54.0. The monoisotopic (exact) mass is 505 g/mol. The lowest BCUT2D eigenvalue weighted by Gasteiger charge is -2.29. The van der Waals surface area contributed by atoms with Crippen LogP contribution in [-0.2, 0) is 16.1 Å². The van der Waals surface area contributed by atoms with Crippen molar-refractivity contribution in [1.82, 2.24) is 15.2 Å². The van der Waals surface area contributed by atoms with Crippen molar-refractivity contribution in [2.24, 2.45) is 0 Å². The van der Waals surface area contributed by atoms with E-state index in [0.29, 0.717) is 29.1 Å². The second-order valence-electron chi connectivity index (χ2n) is 6.70. The van der Waals surface area contributed by atoms with Gasteiger partial charge in [0.25, 0.3) is 5.91 Å². The lowest BCUT2D eigenvalue weighted by Crippen LogP contribution is -2.52. The van der Waals surface area contributed by atoms with Crippen LogP contribution in [0.15, 0.2) is 36.4 Å². The van der Waals surface area contributed by atoms with Gasteiger partial charge in [-0.15, -0.1) is 0 Å². The van der Waals surface area contributed by atoms with Crippen LogP contribution in [0.2, 0.25) is 0 Å². The van der Waals surface area contributed by atoms with Crippen molar-refractivity contribution < 1.29 is 19.2 Å². The molecule has 10 heteroatoms. The van der Waals surface area contributed by atoms with Crippen molar-refractivity contribution in [3.05, 3.63) is 51.2 Å². The molecule has 3 N–H and O–H groups in total. The highest BCUT2D eigenvalue weighted by molar-refractivity contribution is 14.1. The zero-order valence-electron chi connectivity index (χ0n) is 15.1. The number of nitrogens with one attached hydrogen (secondary N) is 3. The minimum atomic E-state index is -0.668. The average molecular weight is 505 g/mol. The minimum Gasteiger partial charge on any atom is -0.322 e. The summed E-state index contributed by atoms with van der Waals surface area (Å²) >= 11 is 2.05. The first-order chi connectivity index (χ1) is 13.9. The van der Waals surface area contributed by atoms with Crippen LogP contribution in [0.5, 0.6) is 0 Å². The van der Waals surface area contributed by atoms with Crippen molar-refractivity contribution in [1.29, 1.82) is 0 Å². The van der Waals surface area contributed by atoms with Gasteiger partial charge < -0.3 is 10.2 Å².